The Bertz CT molecular complexity index is 650. The van der Waals surface area contributed by atoms with Gasteiger partial charge in [-0.05, 0) is 48.7 Å². The van der Waals surface area contributed by atoms with Gasteiger partial charge in [0.1, 0.15) is 0 Å². The second-order valence-electron chi connectivity index (χ2n) is 5.38. The predicted molar refractivity (Wildman–Crippen MR) is 85.5 cm³/mol. The molecule has 0 aliphatic rings. The molecular weight excluding hydrogens is 262 g/mol. The van der Waals surface area contributed by atoms with Crippen LogP contribution in [0.15, 0.2) is 36.7 Å². The Labute approximate surface area is 125 Å². The number of nitrogens with one attached hydrogen (secondary N) is 1. The summed E-state index contributed by atoms with van der Waals surface area (Å²) in [5, 5.41) is 3.39. The third-order valence-electron chi connectivity index (χ3n) is 3.51. The Balaban J connectivity index is 2.18. The smallest absolute Gasteiger partial charge is 0.253 e. The fourth-order valence-electron chi connectivity index (χ4n) is 2.08. The fraction of sp³-hybridized carbons (Fsp3) is 0.294. The highest BCUT2D eigenvalue weighted by atomic mass is 16.2. The van der Waals surface area contributed by atoms with Crippen LogP contribution in [0.2, 0.25) is 0 Å². The number of carbonyl (C=O) groups is 1. The maximum atomic E-state index is 12.0. The summed E-state index contributed by atoms with van der Waals surface area (Å²) in [7, 11) is 3.52. The number of carbonyl (C=O) groups excluding carboxylic acids is 1. The number of aromatic nitrogens is 1. The molecule has 0 spiro atoms. The van der Waals surface area contributed by atoms with Crippen molar-refractivity contribution in [2.24, 2.45) is 0 Å². The summed E-state index contributed by atoms with van der Waals surface area (Å²) in [4.78, 5) is 17.8. The number of aryl methyl sites for hydroxylation is 2. The summed E-state index contributed by atoms with van der Waals surface area (Å²) in [5.74, 6) is 0.00982. The Morgan fingerprint density at radius 1 is 1.19 bits per heavy atom. The molecule has 2 rings (SSSR count). The van der Waals surface area contributed by atoms with Crippen molar-refractivity contribution in [1.82, 2.24) is 9.88 Å². The van der Waals surface area contributed by atoms with Gasteiger partial charge in [0.2, 0.25) is 0 Å². The number of hydrogen-bond donors (Lipinski definition) is 1. The molecule has 0 atom stereocenters. The van der Waals surface area contributed by atoms with Gasteiger partial charge in [0.25, 0.3) is 5.91 Å². The molecule has 0 fully saturated rings. The van der Waals surface area contributed by atoms with E-state index in [1.807, 2.05) is 37.4 Å². The van der Waals surface area contributed by atoms with E-state index in [-0.39, 0.29) is 5.91 Å². The third-order valence-corrected chi connectivity index (χ3v) is 3.51. The van der Waals surface area contributed by atoms with Crippen LogP contribution in [-0.4, -0.2) is 29.9 Å². The van der Waals surface area contributed by atoms with E-state index in [0.717, 1.165) is 16.8 Å². The molecule has 1 heterocycles. The first-order valence-electron chi connectivity index (χ1n) is 6.94. The lowest BCUT2D eigenvalue weighted by Crippen LogP contribution is -2.21. The van der Waals surface area contributed by atoms with E-state index in [2.05, 4.69) is 17.2 Å². The van der Waals surface area contributed by atoms with Crippen LogP contribution in [0.4, 0.5) is 5.69 Å². The van der Waals surface area contributed by atoms with E-state index >= 15 is 0 Å². The van der Waals surface area contributed by atoms with Crippen LogP contribution in [0.3, 0.4) is 0 Å². The van der Waals surface area contributed by atoms with Gasteiger partial charge < -0.3 is 10.2 Å². The lowest BCUT2D eigenvalue weighted by molar-refractivity contribution is 0.0827. The molecule has 0 saturated carbocycles. The number of nitrogens with zero attached hydrogens (tertiary/aromatic N) is 2. The number of rotatable bonds is 4. The number of pyridine rings is 1. The van der Waals surface area contributed by atoms with E-state index in [1.54, 1.807) is 25.2 Å². The lowest BCUT2D eigenvalue weighted by Gasteiger charge is -2.14. The normalized spacial score (nSPS) is 10.3. The van der Waals surface area contributed by atoms with Gasteiger partial charge in [0.05, 0.1) is 0 Å². The van der Waals surface area contributed by atoms with Crippen LogP contribution in [0, 0.1) is 13.8 Å². The Morgan fingerprint density at radius 2 is 1.95 bits per heavy atom. The number of anilines is 1. The molecule has 1 aromatic heterocycles. The van der Waals surface area contributed by atoms with Gasteiger partial charge in [-0.1, -0.05) is 6.07 Å². The fourth-order valence-corrected chi connectivity index (χ4v) is 2.08. The minimum absolute atomic E-state index is 0.00982. The Morgan fingerprint density at radius 3 is 2.62 bits per heavy atom. The summed E-state index contributed by atoms with van der Waals surface area (Å²) < 4.78 is 0. The van der Waals surface area contributed by atoms with E-state index in [4.69, 9.17) is 0 Å². The molecule has 4 nitrogen and oxygen atoms in total. The van der Waals surface area contributed by atoms with Crippen LogP contribution in [0.5, 0.6) is 0 Å². The van der Waals surface area contributed by atoms with Gasteiger partial charge in [-0.2, -0.15) is 0 Å². The highest BCUT2D eigenvalue weighted by molar-refractivity contribution is 5.95. The average Bonchev–Trinajstić information content (AvgIpc) is 2.47. The largest absolute Gasteiger partial charge is 0.381 e. The van der Waals surface area contributed by atoms with E-state index in [9.17, 15) is 4.79 Å². The molecule has 2 aromatic rings. The van der Waals surface area contributed by atoms with E-state index in [1.165, 1.54) is 5.56 Å². The standard InChI is InChI=1S/C17H21N3O/c1-12-7-8-18-10-15(12)11-19-16-9-14(6-5-13(16)2)17(21)20(3)4/h5-10,19H,11H2,1-4H3. The number of hydrogen-bond acceptors (Lipinski definition) is 3. The van der Waals surface area contributed by atoms with Crippen molar-refractivity contribution >= 4 is 11.6 Å². The van der Waals surface area contributed by atoms with Crippen LogP contribution < -0.4 is 5.32 Å². The summed E-state index contributed by atoms with van der Waals surface area (Å²) in [6, 6.07) is 7.73. The van der Waals surface area contributed by atoms with Gasteiger partial charge >= 0.3 is 0 Å². The molecule has 1 aromatic carbocycles. The number of amides is 1. The first-order valence-corrected chi connectivity index (χ1v) is 6.94. The molecule has 21 heavy (non-hydrogen) atoms. The second kappa shape index (κ2) is 6.39. The quantitative estimate of drug-likeness (QED) is 0.938. The minimum atomic E-state index is 0.00982. The number of benzene rings is 1. The third kappa shape index (κ3) is 3.60. The topological polar surface area (TPSA) is 45.2 Å². The van der Waals surface area contributed by atoms with Crippen LogP contribution in [-0.2, 0) is 6.54 Å². The molecule has 1 amide bonds. The SMILES string of the molecule is Cc1ccncc1CNc1cc(C(=O)N(C)C)ccc1C. The Hall–Kier alpha value is -2.36. The zero-order valence-electron chi connectivity index (χ0n) is 13.0. The van der Waals surface area contributed by atoms with Crippen molar-refractivity contribution < 1.29 is 4.79 Å². The summed E-state index contributed by atoms with van der Waals surface area (Å²) >= 11 is 0. The molecule has 0 aliphatic carbocycles. The molecule has 1 N–H and O–H groups in total. The summed E-state index contributed by atoms with van der Waals surface area (Å²) in [5.41, 5.74) is 5.14. The van der Waals surface area contributed by atoms with Gasteiger partial charge in [0.15, 0.2) is 0 Å². The van der Waals surface area contributed by atoms with Gasteiger partial charge in [0, 0.05) is 44.3 Å². The van der Waals surface area contributed by atoms with Crippen molar-refractivity contribution in [2.75, 3.05) is 19.4 Å². The highest BCUT2D eigenvalue weighted by Gasteiger charge is 2.10. The van der Waals surface area contributed by atoms with Crippen molar-refractivity contribution in [1.29, 1.82) is 0 Å². The zero-order chi connectivity index (χ0) is 15.4. The van der Waals surface area contributed by atoms with Crippen molar-refractivity contribution in [2.45, 2.75) is 20.4 Å². The predicted octanol–water partition coefficient (Wildman–Crippen LogP) is 3.01. The maximum absolute atomic E-state index is 12.0. The lowest BCUT2D eigenvalue weighted by atomic mass is 10.1. The summed E-state index contributed by atoms with van der Waals surface area (Å²) in [6.45, 7) is 4.79. The molecular formula is C17H21N3O. The molecule has 0 aliphatic heterocycles. The monoisotopic (exact) mass is 283 g/mol. The van der Waals surface area contributed by atoms with Gasteiger partial charge in [-0.15, -0.1) is 0 Å². The van der Waals surface area contributed by atoms with Crippen molar-refractivity contribution in [3.8, 4) is 0 Å². The molecule has 0 saturated heterocycles. The highest BCUT2D eigenvalue weighted by Crippen LogP contribution is 2.19. The van der Waals surface area contributed by atoms with Gasteiger partial charge in [-0.3, -0.25) is 9.78 Å². The zero-order valence-corrected chi connectivity index (χ0v) is 13.0. The first kappa shape index (κ1) is 15.0. The molecule has 0 radical (unpaired) electrons. The Kier molecular flexibility index (Phi) is 4.58. The first-order chi connectivity index (χ1) is 9.99. The van der Waals surface area contributed by atoms with Crippen LogP contribution in [0.25, 0.3) is 0 Å². The minimum Gasteiger partial charge on any atom is -0.381 e. The van der Waals surface area contributed by atoms with Crippen molar-refractivity contribution in [3.63, 3.8) is 0 Å². The van der Waals surface area contributed by atoms with Gasteiger partial charge in [-0.25, -0.2) is 0 Å². The maximum Gasteiger partial charge on any atom is 0.253 e. The summed E-state index contributed by atoms with van der Waals surface area (Å²) in [6.07, 6.45) is 3.66. The van der Waals surface area contributed by atoms with Crippen molar-refractivity contribution in [3.05, 3.63) is 58.9 Å². The molecule has 0 unspecified atom stereocenters. The second-order valence-corrected chi connectivity index (χ2v) is 5.38. The molecule has 110 valence electrons. The average molecular weight is 283 g/mol. The van der Waals surface area contributed by atoms with Crippen LogP contribution in [0.1, 0.15) is 27.0 Å². The molecule has 4 heteroatoms. The molecule has 0 bridgehead atoms. The van der Waals surface area contributed by atoms with E-state index < -0.39 is 0 Å². The van der Waals surface area contributed by atoms with Crippen LogP contribution >= 0.6 is 0 Å². The van der Waals surface area contributed by atoms with E-state index in [0.29, 0.717) is 12.1 Å².